The maximum atomic E-state index is 12.6. The molecule has 1 amide bonds. The molecule has 0 saturated carbocycles. The van der Waals surface area contributed by atoms with E-state index in [1.807, 2.05) is 41.8 Å². The summed E-state index contributed by atoms with van der Waals surface area (Å²) in [6, 6.07) is 13.5. The molecule has 2 aromatic heterocycles. The van der Waals surface area contributed by atoms with Crippen LogP contribution in [0.1, 0.15) is 16.5 Å². The lowest BCUT2D eigenvalue weighted by Gasteiger charge is -2.16. The Balaban J connectivity index is 1.64. The zero-order chi connectivity index (χ0) is 15.9. The van der Waals surface area contributed by atoms with E-state index in [0.29, 0.717) is 13.0 Å². The maximum absolute atomic E-state index is 12.6. The largest absolute Gasteiger partial charge is 0.354 e. The van der Waals surface area contributed by atoms with E-state index in [1.54, 1.807) is 11.3 Å². The lowest BCUT2D eigenvalue weighted by atomic mass is 10.1. The molecular weight excluding hydrogens is 310 g/mol. The molecule has 2 heterocycles. The summed E-state index contributed by atoms with van der Waals surface area (Å²) < 4.78 is 1.51. The van der Waals surface area contributed by atoms with E-state index in [0.717, 1.165) is 12.0 Å². The number of rotatable bonds is 7. The van der Waals surface area contributed by atoms with Crippen LogP contribution >= 0.6 is 11.3 Å². The van der Waals surface area contributed by atoms with Gasteiger partial charge in [-0.2, -0.15) is 0 Å². The highest BCUT2D eigenvalue weighted by molar-refractivity contribution is 7.09. The Morgan fingerprint density at radius 3 is 2.78 bits per heavy atom. The van der Waals surface area contributed by atoms with Crippen molar-refractivity contribution in [2.45, 2.75) is 18.9 Å². The predicted octanol–water partition coefficient (Wildman–Crippen LogP) is 1.88. The molecule has 1 aromatic carbocycles. The zero-order valence-corrected chi connectivity index (χ0v) is 13.3. The molecule has 118 valence electrons. The Hall–Kier alpha value is -2.54. The molecule has 0 aliphatic heterocycles. The van der Waals surface area contributed by atoms with Gasteiger partial charge in [-0.05, 0) is 33.9 Å². The van der Waals surface area contributed by atoms with Crippen LogP contribution in [0.4, 0.5) is 0 Å². The van der Waals surface area contributed by atoms with Crippen molar-refractivity contribution in [2.24, 2.45) is 0 Å². The Labute approximate surface area is 138 Å². The second-order valence-corrected chi connectivity index (χ2v) is 6.15. The molecular formula is C16H17N5OS. The smallest absolute Gasteiger partial charge is 0.245 e. The number of carbonyl (C=O) groups is 1. The Kier molecular flexibility index (Phi) is 5.10. The average Bonchev–Trinajstić information content (AvgIpc) is 3.27. The van der Waals surface area contributed by atoms with Gasteiger partial charge in [0.1, 0.15) is 12.4 Å². The molecule has 1 N–H and O–H groups in total. The van der Waals surface area contributed by atoms with Crippen LogP contribution in [0.5, 0.6) is 0 Å². The summed E-state index contributed by atoms with van der Waals surface area (Å²) in [4.78, 5) is 13.8. The SMILES string of the molecule is O=C(NCCc1cccs1)C(Cc1ccccc1)n1cnnn1. The van der Waals surface area contributed by atoms with Crippen molar-refractivity contribution in [1.82, 2.24) is 25.5 Å². The number of thiophene rings is 1. The van der Waals surface area contributed by atoms with Crippen molar-refractivity contribution in [2.75, 3.05) is 6.54 Å². The first kappa shape index (κ1) is 15.4. The molecule has 23 heavy (non-hydrogen) atoms. The van der Waals surface area contributed by atoms with E-state index in [-0.39, 0.29) is 5.91 Å². The molecule has 3 rings (SSSR count). The number of carbonyl (C=O) groups excluding carboxylic acids is 1. The maximum Gasteiger partial charge on any atom is 0.245 e. The van der Waals surface area contributed by atoms with E-state index < -0.39 is 6.04 Å². The number of tetrazole rings is 1. The third kappa shape index (κ3) is 4.23. The molecule has 0 fully saturated rings. The minimum Gasteiger partial charge on any atom is -0.354 e. The average molecular weight is 327 g/mol. The van der Waals surface area contributed by atoms with Crippen molar-refractivity contribution in [3.8, 4) is 0 Å². The van der Waals surface area contributed by atoms with Crippen LogP contribution in [0.25, 0.3) is 0 Å². The second-order valence-electron chi connectivity index (χ2n) is 5.12. The van der Waals surface area contributed by atoms with Crippen LogP contribution in [-0.2, 0) is 17.6 Å². The van der Waals surface area contributed by atoms with Crippen molar-refractivity contribution in [1.29, 1.82) is 0 Å². The first-order valence-corrected chi connectivity index (χ1v) is 8.27. The van der Waals surface area contributed by atoms with Gasteiger partial charge in [0.2, 0.25) is 5.91 Å². The number of benzene rings is 1. The number of amides is 1. The lowest BCUT2D eigenvalue weighted by molar-refractivity contribution is -0.124. The van der Waals surface area contributed by atoms with E-state index >= 15 is 0 Å². The molecule has 0 saturated heterocycles. The van der Waals surface area contributed by atoms with Gasteiger partial charge in [0.15, 0.2) is 0 Å². The highest BCUT2D eigenvalue weighted by Crippen LogP contribution is 2.13. The number of hydrogen-bond acceptors (Lipinski definition) is 5. The van der Waals surface area contributed by atoms with Crippen molar-refractivity contribution >= 4 is 17.2 Å². The zero-order valence-electron chi connectivity index (χ0n) is 12.5. The van der Waals surface area contributed by atoms with Gasteiger partial charge in [-0.25, -0.2) is 4.68 Å². The van der Waals surface area contributed by atoms with E-state index in [9.17, 15) is 4.79 Å². The first-order chi connectivity index (χ1) is 11.3. The molecule has 0 spiro atoms. The molecule has 0 aliphatic rings. The van der Waals surface area contributed by atoms with Crippen molar-refractivity contribution < 1.29 is 4.79 Å². The summed E-state index contributed by atoms with van der Waals surface area (Å²) in [7, 11) is 0. The summed E-state index contributed by atoms with van der Waals surface area (Å²) in [6.45, 7) is 0.604. The Morgan fingerprint density at radius 1 is 1.22 bits per heavy atom. The van der Waals surface area contributed by atoms with E-state index in [4.69, 9.17) is 0 Å². The number of nitrogens with one attached hydrogen (secondary N) is 1. The highest BCUT2D eigenvalue weighted by atomic mass is 32.1. The Bertz CT molecular complexity index is 712. The molecule has 0 bridgehead atoms. The quantitative estimate of drug-likeness (QED) is 0.719. The van der Waals surface area contributed by atoms with Crippen LogP contribution in [-0.4, -0.2) is 32.7 Å². The number of aromatic nitrogens is 4. The van der Waals surface area contributed by atoms with Gasteiger partial charge >= 0.3 is 0 Å². The molecule has 0 radical (unpaired) electrons. The summed E-state index contributed by atoms with van der Waals surface area (Å²) in [5.74, 6) is -0.0716. The van der Waals surface area contributed by atoms with Crippen LogP contribution in [0.3, 0.4) is 0 Å². The fraction of sp³-hybridized carbons (Fsp3) is 0.250. The molecule has 6 nitrogen and oxygen atoms in total. The van der Waals surface area contributed by atoms with Gasteiger partial charge in [0.05, 0.1) is 0 Å². The van der Waals surface area contributed by atoms with Gasteiger partial charge in [-0.1, -0.05) is 36.4 Å². The first-order valence-electron chi connectivity index (χ1n) is 7.39. The predicted molar refractivity (Wildman–Crippen MR) is 88.0 cm³/mol. The van der Waals surface area contributed by atoms with Crippen molar-refractivity contribution in [3.63, 3.8) is 0 Å². The normalized spacial score (nSPS) is 12.0. The fourth-order valence-corrected chi connectivity index (χ4v) is 3.05. The van der Waals surface area contributed by atoms with E-state index in [1.165, 1.54) is 15.9 Å². The fourth-order valence-electron chi connectivity index (χ4n) is 2.34. The van der Waals surface area contributed by atoms with Gasteiger partial charge in [-0.3, -0.25) is 4.79 Å². The van der Waals surface area contributed by atoms with Crippen molar-refractivity contribution in [3.05, 3.63) is 64.6 Å². The van der Waals surface area contributed by atoms with Gasteiger partial charge in [0, 0.05) is 17.8 Å². The topological polar surface area (TPSA) is 72.7 Å². The summed E-state index contributed by atoms with van der Waals surface area (Å²) in [6.07, 6.45) is 2.86. The van der Waals surface area contributed by atoms with Gasteiger partial charge in [0.25, 0.3) is 0 Å². The lowest BCUT2D eigenvalue weighted by Crippen LogP contribution is -2.35. The van der Waals surface area contributed by atoms with Crippen LogP contribution in [0.2, 0.25) is 0 Å². The van der Waals surface area contributed by atoms with Gasteiger partial charge < -0.3 is 5.32 Å². The van der Waals surface area contributed by atoms with Crippen LogP contribution < -0.4 is 5.32 Å². The number of hydrogen-bond donors (Lipinski definition) is 1. The molecule has 0 aliphatic carbocycles. The van der Waals surface area contributed by atoms with E-state index in [2.05, 4.69) is 26.9 Å². The Morgan fingerprint density at radius 2 is 2.09 bits per heavy atom. The second kappa shape index (κ2) is 7.64. The minimum atomic E-state index is -0.448. The minimum absolute atomic E-state index is 0.0716. The summed E-state index contributed by atoms with van der Waals surface area (Å²) in [5, 5.41) is 16.2. The molecule has 7 heteroatoms. The van der Waals surface area contributed by atoms with Crippen LogP contribution in [0, 0.1) is 0 Å². The highest BCUT2D eigenvalue weighted by Gasteiger charge is 2.21. The summed E-state index contributed by atoms with van der Waals surface area (Å²) in [5.41, 5.74) is 1.07. The monoisotopic (exact) mass is 327 g/mol. The van der Waals surface area contributed by atoms with Gasteiger partial charge in [-0.15, -0.1) is 16.4 Å². The van der Waals surface area contributed by atoms with Crippen LogP contribution in [0.15, 0.2) is 54.2 Å². The molecule has 3 aromatic rings. The third-order valence-corrected chi connectivity index (χ3v) is 4.45. The standard InChI is InChI=1S/C16H17N5OS/c22-16(17-9-8-14-7-4-10-23-14)15(21-12-18-19-20-21)11-13-5-2-1-3-6-13/h1-7,10,12,15H,8-9,11H2,(H,17,22). The number of nitrogens with zero attached hydrogens (tertiary/aromatic N) is 4. The molecule has 1 atom stereocenters. The molecule has 1 unspecified atom stereocenters. The third-order valence-electron chi connectivity index (χ3n) is 3.51. The summed E-state index contributed by atoms with van der Waals surface area (Å²) >= 11 is 1.69.